The number of nitrogens with zero attached hydrogens (tertiary/aromatic N) is 4. The quantitative estimate of drug-likeness (QED) is 0.484. The van der Waals surface area contributed by atoms with Gasteiger partial charge in [0.1, 0.15) is 4.88 Å². The van der Waals surface area contributed by atoms with Gasteiger partial charge in [-0.2, -0.15) is 0 Å². The Hall–Kier alpha value is -1.35. The summed E-state index contributed by atoms with van der Waals surface area (Å²) in [7, 11) is 0. The van der Waals surface area contributed by atoms with E-state index in [4.69, 9.17) is 4.98 Å². The summed E-state index contributed by atoms with van der Waals surface area (Å²) in [6, 6.07) is 6.00. The number of carbonyl (C=O) groups is 1. The highest BCUT2D eigenvalue weighted by molar-refractivity contribution is 9.10. The predicted octanol–water partition coefficient (Wildman–Crippen LogP) is 5.12. The molecule has 0 saturated heterocycles. The molecule has 1 amide bonds. The van der Waals surface area contributed by atoms with Crippen LogP contribution in [0.4, 0.5) is 5.13 Å². The molecule has 0 aliphatic heterocycles. The van der Waals surface area contributed by atoms with E-state index in [1.165, 1.54) is 11.3 Å². The summed E-state index contributed by atoms with van der Waals surface area (Å²) in [5.74, 6) is -0.0108. The fraction of sp³-hybridized carbons (Fsp3) is 0.421. The topological polar surface area (TPSA) is 49.3 Å². The Labute approximate surface area is 176 Å². The average molecular weight is 467 g/mol. The molecular formula is C19H23BrN4OS2. The Morgan fingerprint density at radius 2 is 1.85 bits per heavy atom. The van der Waals surface area contributed by atoms with Crippen LogP contribution in [0.25, 0.3) is 10.2 Å². The Bertz CT molecular complexity index is 948. The van der Waals surface area contributed by atoms with E-state index in [-0.39, 0.29) is 5.91 Å². The maximum absolute atomic E-state index is 13.3. The van der Waals surface area contributed by atoms with Crippen LogP contribution in [0, 0.1) is 13.8 Å². The fourth-order valence-electron chi connectivity index (χ4n) is 2.92. The first kappa shape index (κ1) is 20.4. The average Bonchev–Trinajstić information content (AvgIpc) is 3.20. The lowest BCUT2D eigenvalue weighted by Crippen LogP contribution is -2.38. The lowest BCUT2D eigenvalue weighted by molar-refractivity contribution is 0.0987. The van der Waals surface area contributed by atoms with E-state index in [2.05, 4.69) is 39.7 Å². The monoisotopic (exact) mass is 466 g/mol. The van der Waals surface area contributed by atoms with Gasteiger partial charge >= 0.3 is 0 Å². The van der Waals surface area contributed by atoms with Gasteiger partial charge in [0.15, 0.2) is 5.13 Å². The van der Waals surface area contributed by atoms with Crippen LogP contribution in [0.5, 0.6) is 0 Å². The summed E-state index contributed by atoms with van der Waals surface area (Å²) in [6.45, 7) is 11.5. The molecule has 0 radical (unpaired) electrons. The molecule has 0 bridgehead atoms. The molecule has 0 unspecified atom stereocenters. The number of carbonyl (C=O) groups excluding carboxylic acids is 1. The third kappa shape index (κ3) is 4.56. The molecular weight excluding hydrogens is 444 g/mol. The third-order valence-corrected chi connectivity index (χ3v) is 7.04. The van der Waals surface area contributed by atoms with Crippen molar-refractivity contribution >= 4 is 59.9 Å². The van der Waals surface area contributed by atoms with Crippen LogP contribution in [-0.4, -0.2) is 47.0 Å². The van der Waals surface area contributed by atoms with E-state index < -0.39 is 0 Å². The van der Waals surface area contributed by atoms with E-state index in [9.17, 15) is 4.79 Å². The van der Waals surface area contributed by atoms with Crippen LogP contribution < -0.4 is 4.90 Å². The SMILES string of the molecule is CCN(CC)CCN(C(=O)c1sc(C)nc1C)c1nc2ccc(Br)cc2s1. The Balaban J connectivity index is 1.97. The van der Waals surface area contributed by atoms with Crippen molar-refractivity contribution in [1.82, 2.24) is 14.9 Å². The number of likely N-dealkylation sites (N-methyl/N-ethyl adjacent to an activating group) is 1. The van der Waals surface area contributed by atoms with Crippen molar-refractivity contribution < 1.29 is 4.79 Å². The van der Waals surface area contributed by atoms with Crippen molar-refractivity contribution in [2.45, 2.75) is 27.7 Å². The van der Waals surface area contributed by atoms with Gasteiger partial charge in [-0.3, -0.25) is 9.69 Å². The first-order valence-electron chi connectivity index (χ1n) is 8.97. The number of thiazole rings is 2. The first-order valence-corrected chi connectivity index (χ1v) is 11.4. The molecule has 0 fully saturated rings. The highest BCUT2D eigenvalue weighted by Crippen LogP contribution is 2.32. The molecule has 0 atom stereocenters. The van der Waals surface area contributed by atoms with Gasteiger partial charge in [-0.05, 0) is 45.1 Å². The lowest BCUT2D eigenvalue weighted by Gasteiger charge is -2.24. The molecule has 1 aromatic carbocycles. The number of aryl methyl sites for hydroxylation is 2. The minimum atomic E-state index is -0.0108. The third-order valence-electron chi connectivity index (χ3n) is 4.45. The Morgan fingerprint density at radius 1 is 1.11 bits per heavy atom. The van der Waals surface area contributed by atoms with Crippen LogP contribution >= 0.6 is 38.6 Å². The molecule has 27 heavy (non-hydrogen) atoms. The molecule has 2 heterocycles. The summed E-state index contributed by atoms with van der Waals surface area (Å²) in [5.41, 5.74) is 1.70. The molecule has 0 aliphatic rings. The van der Waals surface area contributed by atoms with Crippen molar-refractivity contribution in [2.75, 3.05) is 31.1 Å². The van der Waals surface area contributed by atoms with Crippen molar-refractivity contribution in [3.8, 4) is 0 Å². The van der Waals surface area contributed by atoms with Gasteiger partial charge in [-0.25, -0.2) is 9.97 Å². The van der Waals surface area contributed by atoms with E-state index in [1.54, 1.807) is 11.3 Å². The number of fused-ring (bicyclic) bond motifs is 1. The van der Waals surface area contributed by atoms with Crippen LogP contribution in [-0.2, 0) is 0 Å². The zero-order valence-corrected chi connectivity index (χ0v) is 19.2. The number of aromatic nitrogens is 2. The summed E-state index contributed by atoms with van der Waals surface area (Å²) in [4.78, 5) is 27.3. The maximum atomic E-state index is 13.3. The second-order valence-corrected chi connectivity index (χ2v) is 9.37. The predicted molar refractivity (Wildman–Crippen MR) is 118 cm³/mol. The lowest BCUT2D eigenvalue weighted by atomic mass is 10.3. The number of amides is 1. The number of rotatable bonds is 7. The second-order valence-electron chi connectivity index (χ2n) is 6.24. The minimum absolute atomic E-state index is 0.0108. The fourth-order valence-corrected chi connectivity index (χ4v) is 5.33. The van der Waals surface area contributed by atoms with Crippen LogP contribution in [0.1, 0.15) is 34.2 Å². The molecule has 3 aromatic rings. The molecule has 0 aliphatic carbocycles. The molecule has 2 aromatic heterocycles. The number of benzene rings is 1. The summed E-state index contributed by atoms with van der Waals surface area (Å²) < 4.78 is 2.08. The molecule has 0 spiro atoms. The molecule has 3 rings (SSSR count). The van der Waals surface area contributed by atoms with Crippen LogP contribution in [0.3, 0.4) is 0 Å². The smallest absolute Gasteiger partial charge is 0.272 e. The highest BCUT2D eigenvalue weighted by atomic mass is 79.9. The number of halogens is 1. The minimum Gasteiger partial charge on any atom is -0.302 e. The molecule has 5 nitrogen and oxygen atoms in total. The summed E-state index contributed by atoms with van der Waals surface area (Å²) in [5, 5.41) is 1.65. The Kier molecular flexibility index (Phi) is 6.62. The maximum Gasteiger partial charge on any atom is 0.272 e. The van der Waals surface area contributed by atoms with Crippen LogP contribution in [0.15, 0.2) is 22.7 Å². The Morgan fingerprint density at radius 3 is 2.48 bits per heavy atom. The largest absolute Gasteiger partial charge is 0.302 e. The van der Waals surface area contributed by atoms with Gasteiger partial charge in [0.25, 0.3) is 5.91 Å². The first-order chi connectivity index (χ1) is 12.9. The van der Waals surface area contributed by atoms with Gasteiger partial charge in [0.2, 0.25) is 0 Å². The standard InChI is InChI=1S/C19H23BrN4OS2/c1-5-23(6-2)9-10-24(18(25)17-12(3)21-13(4)26-17)19-22-15-8-7-14(20)11-16(15)27-19/h7-8,11H,5-6,9-10H2,1-4H3. The van der Waals surface area contributed by atoms with Crippen molar-refractivity contribution in [3.05, 3.63) is 38.3 Å². The second kappa shape index (κ2) is 8.77. The summed E-state index contributed by atoms with van der Waals surface area (Å²) in [6.07, 6.45) is 0. The molecule has 0 N–H and O–H groups in total. The number of hydrogen-bond acceptors (Lipinski definition) is 6. The van der Waals surface area contributed by atoms with Crippen molar-refractivity contribution in [1.29, 1.82) is 0 Å². The zero-order chi connectivity index (χ0) is 19.6. The van der Waals surface area contributed by atoms with E-state index >= 15 is 0 Å². The van der Waals surface area contributed by atoms with Gasteiger partial charge in [0, 0.05) is 17.6 Å². The van der Waals surface area contributed by atoms with E-state index in [0.29, 0.717) is 11.4 Å². The molecule has 8 heteroatoms. The van der Waals surface area contributed by atoms with E-state index in [0.717, 1.165) is 50.2 Å². The van der Waals surface area contributed by atoms with Gasteiger partial charge < -0.3 is 4.90 Å². The highest BCUT2D eigenvalue weighted by Gasteiger charge is 2.25. The number of hydrogen-bond donors (Lipinski definition) is 0. The van der Waals surface area contributed by atoms with Crippen molar-refractivity contribution in [2.24, 2.45) is 0 Å². The van der Waals surface area contributed by atoms with Gasteiger partial charge in [-0.1, -0.05) is 41.1 Å². The van der Waals surface area contributed by atoms with Gasteiger partial charge in [-0.15, -0.1) is 11.3 Å². The zero-order valence-electron chi connectivity index (χ0n) is 16.0. The molecule has 0 saturated carbocycles. The van der Waals surface area contributed by atoms with E-state index in [1.807, 2.05) is 36.9 Å². The number of anilines is 1. The van der Waals surface area contributed by atoms with Gasteiger partial charge in [0.05, 0.1) is 20.9 Å². The van der Waals surface area contributed by atoms with Crippen LogP contribution in [0.2, 0.25) is 0 Å². The normalized spacial score (nSPS) is 11.5. The molecule has 144 valence electrons. The van der Waals surface area contributed by atoms with Crippen molar-refractivity contribution in [3.63, 3.8) is 0 Å². The summed E-state index contributed by atoms with van der Waals surface area (Å²) >= 11 is 6.52.